The number of aryl methyl sites for hydroxylation is 1. The Morgan fingerprint density at radius 3 is 2.68 bits per heavy atom. The van der Waals surface area contributed by atoms with Crippen molar-refractivity contribution in [3.8, 4) is 16.9 Å². The van der Waals surface area contributed by atoms with E-state index in [4.69, 9.17) is 11.6 Å². The lowest BCUT2D eigenvalue weighted by Gasteiger charge is -2.09. The lowest BCUT2D eigenvalue weighted by molar-refractivity contribution is 0.111. The first-order valence-corrected chi connectivity index (χ1v) is 6.92. The summed E-state index contributed by atoms with van der Waals surface area (Å²) in [4.78, 5) is 11.2. The Balaban J connectivity index is 2.26. The number of hydrogen-bond donors (Lipinski definition) is 0. The van der Waals surface area contributed by atoms with Crippen molar-refractivity contribution in [2.24, 2.45) is 0 Å². The van der Waals surface area contributed by atoms with Crippen LogP contribution in [0.2, 0.25) is 5.02 Å². The third-order valence-electron chi connectivity index (χ3n) is 3.34. The van der Waals surface area contributed by atoms with Crippen molar-refractivity contribution in [1.29, 1.82) is 0 Å². The standard InChI is InChI=1S/C16H11ClFN3O/c1-10-6-7-11(8-13(10)17)21-16(15(9-22)19-20-21)12-4-2-3-5-14(12)18/h2-9H,1H3. The van der Waals surface area contributed by atoms with Gasteiger partial charge in [0.05, 0.1) is 5.69 Å². The van der Waals surface area contributed by atoms with Crippen LogP contribution in [0.4, 0.5) is 4.39 Å². The van der Waals surface area contributed by atoms with Gasteiger partial charge in [0.2, 0.25) is 0 Å². The third-order valence-corrected chi connectivity index (χ3v) is 3.74. The van der Waals surface area contributed by atoms with E-state index in [0.29, 0.717) is 22.7 Å². The first-order valence-electron chi connectivity index (χ1n) is 6.54. The highest BCUT2D eigenvalue weighted by atomic mass is 35.5. The number of benzene rings is 2. The van der Waals surface area contributed by atoms with Gasteiger partial charge in [0, 0.05) is 10.6 Å². The fraction of sp³-hybridized carbons (Fsp3) is 0.0625. The van der Waals surface area contributed by atoms with E-state index in [1.165, 1.54) is 10.7 Å². The molecule has 0 bridgehead atoms. The smallest absolute Gasteiger partial charge is 0.172 e. The summed E-state index contributed by atoms with van der Waals surface area (Å²) < 4.78 is 15.5. The minimum Gasteiger partial charge on any atom is -0.296 e. The highest BCUT2D eigenvalue weighted by Crippen LogP contribution is 2.28. The zero-order valence-corrected chi connectivity index (χ0v) is 12.4. The number of aromatic nitrogens is 3. The molecule has 0 atom stereocenters. The molecule has 0 amide bonds. The molecule has 0 N–H and O–H groups in total. The molecule has 2 aromatic carbocycles. The molecular weight excluding hydrogens is 305 g/mol. The van der Waals surface area contributed by atoms with Gasteiger partial charge in [-0.15, -0.1) is 5.10 Å². The predicted molar refractivity (Wildman–Crippen MR) is 81.9 cm³/mol. The molecule has 0 aliphatic heterocycles. The second-order valence-electron chi connectivity index (χ2n) is 4.77. The Hall–Kier alpha value is -2.53. The molecule has 1 heterocycles. The van der Waals surface area contributed by atoms with E-state index in [0.717, 1.165) is 5.56 Å². The molecule has 4 nitrogen and oxygen atoms in total. The number of carbonyl (C=O) groups is 1. The van der Waals surface area contributed by atoms with Crippen molar-refractivity contribution in [3.05, 3.63) is 64.6 Å². The average molecular weight is 316 g/mol. The maximum atomic E-state index is 14.1. The van der Waals surface area contributed by atoms with Gasteiger partial charge < -0.3 is 0 Å². The predicted octanol–water partition coefficient (Wildman–Crippen LogP) is 3.85. The van der Waals surface area contributed by atoms with Gasteiger partial charge in [-0.1, -0.05) is 35.0 Å². The van der Waals surface area contributed by atoms with E-state index in [1.807, 2.05) is 13.0 Å². The van der Waals surface area contributed by atoms with E-state index >= 15 is 0 Å². The Bertz CT molecular complexity index is 860. The summed E-state index contributed by atoms with van der Waals surface area (Å²) in [6.45, 7) is 1.88. The van der Waals surface area contributed by atoms with Gasteiger partial charge in [0.15, 0.2) is 12.0 Å². The molecule has 6 heteroatoms. The van der Waals surface area contributed by atoms with E-state index < -0.39 is 5.82 Å². The van der Waals surface area contributed by atoms with Crippen molar-refractivity contribution < 1.29 is 9.18 Å². The van der Waals surface area contributed by atoms with Crippen molar-refractivity contribution >= 4 is 17.9 Å². The van der Waals surface area contributed by atoms with E-state index in [1.54, 1.807) is 30.3 Å². The van der Waals surface area contributed by atoms with Crippen LogP contribution in [-0.4, -0.2) is 21.3 Å². The Labute approximate surface area is 131 Å². The van der Waals surface area contributed by atoms with Crippen LogP contribution in [0.25, 0.3) is 16.9 Å². The largest absolute Gasteiger partial charge is 0.296 e. The number of halogens is 2. The van der Waals surface area contributed by atoms with Gasteiger partial charge in [-0.25, -0.2) is 9.07 Å². The minimum absolute atomic E-state index is 0.0711. The van der Waals surface area contributed by atoms with Crippen LogP contribution < -0.4 is 0 Å². The van der Waals surface area contributed by atoms with Crippen LogP contribution in [0, 0.1) is 12.7 Å². The Morgan fingerprint density at radius 1 is 1.23 bits per heavy atom. The van der Waals surface area contributed by atoms with Crippen LogP contribution in [-0.2, 0) is 0 Å². The molecule has 0 radical (unpaired) electrons. The summed E-state index contributed by atoms with van der Waals surface area (Å²) in [7, 11) is 0. The van der Waals surface area contributed by atoms with Crippen LogP contribution in [0.5, 0.6) is 0 Å². The van der Waals surface area contributed by atoms with Gasteiger partial charge in [0.1, 0.15) is 11.5 Å². The van der Waals surface area contributed by atoms with Gasteiger partial charge in [-0.2, -0.15) is 0 Å². The van der Waals surface area contributed by atoms with Crippen LogP contribution in [0.15, 0.2) is 42.5 Å². The van der Waals surface area contributed by atoms with Crippen molar-refractivity contribution in [2.45, 2.75) is 6.92 Å². The third kappa shape index (κ3) is 2.40. The van der Waals surface area contributed by atoms with Gasteiger partial charge >= 0.3 is 0 Å². The highest BCUT2D eigenvalue weighted by Gasteiger charge is 2.19. The highest BCUT2D eigenvalue weighted by molar-refractivity contribution is 6.31. The van der Waals surface area contributed by atoms with Gasteiger partial charge in [-0.3, -0.25) is 4.79 Å². The quantitative estimate of drug-likeness (QED) is 0.690. The lowest BCUT2D eigenvalue weighted by Crippen LogP contribution is -2.01. The summed E-state index contributed by atoms with van der Waals surface area (Å²) in [6, 6.07) is 11.5. The molecule has 0 spiro atoms. The van der Waals surface area contributed by atoms with Crippen molar-refractivity contribution in [1.82, 2.24) is 15.0 Å². The lowest BCUT2D eigenvalue weighted by atomic mass is 10.1. The second kappa shape index (κ2) is 5.69. The molecule has 22 heavy (non-hydrogen) atoms. The first kappa shape index (κ1) is 14.4. The zero-order valence-electron chi connectivity index (χ0n) is 11.6. The molecule has 0 saturated heterocycles. The van der Waals surface area contributed by atoms with Crippen molar-refractivity contribution in [3.63, 3.8) is 0 Å². The van der Waals surface area contributed by atoms with Crippen LogP contribution in [0.3, 0.4) is 0 Å². The average Bonchev–Trinajstić information content (AvgIpc) is 2.94. The van der Waals surface area contributed by atoms with Crippen LogP contribution in [0.1, 0.15) is 16.1 Å². The molecule has 0 fully saturated rings. The molecule has 1 aromatic heterocycles. The molecule has 110 valence electrons. The minimum atomic E-state index is -0.452. The summed E-state index contributed by atoms with van der Waals surface area (Å²) in [5.41, 5.74) is 2.14. The SMILES string of the molecule is Cc1ccc(-n2nnc(C=O)c2-c2ccccc2F)cc1Cl. The summed E-state index contributed by atoms with van der Waals surface area (Å²) in [5.74, 6) is -0.452. The monoisotopic (exact) mass is 315 g/mol. The fourth-order valence-corrected chi connectivity index (χ4v) is 2.35. The molecule has 0 saturated carbocycles. The topological polar surface area (TPSA) is 47.8 Å². The van der Waals surface area contributed by atoms with E-state index in [9.17, 15) is 9.18 Å². The summed E-state index contributed by atoms with van der Waals surface area (Å²) >= 11 is 6.13. The van der Waals surface area contributed by atoms with Gasteiger partial charge in [-0.05, 0) is 36.8 Å². The Kier molecular flexibility index (Phi) is 3.73. The second-order valence-corrected chi connectivity index (χ2v) is 5.17. The number of carbonyl (C=O) groups excluding carboxylic acids is 1. The van der Waals surface area contributed by atoms with E-state index in [2.05, 4.69) is 10.3 Å². The number of aldehydes is 1. The molecule has 0 aliphatic carbocycles. The number of hydrogen-bond acceptors (Lipinski definition) is 3. The van der Waals surface area contributed by atoms with Crippen LogP contribution >= 0.6 is 11.6 Å². The molecule has 3 aromatic rings. The maximum Gasteiger partial charge on any atom is 0.172 e. The molecule has 0 aliphatic rings. The maximum absolute atomic E-state index is 14.1. The normalized spacial score (nSPS) is 10.7. The zero-order chi connectivity index (χ0) is 15.7. The molecular formula is C16H11ClFN3O. The number of rotatable bonds is 3. The summed E-state index contributed by atoms with van der Waals surface area (Å²) in [6.07, 6.45) is 0.557. The van der Waals surface area contributed by atoms with E-state index in [-0.39, 0.29) is 11.3 Å². The fourth-order valence-electron chi connectivity index (χ4n) is 2.17. The van der Waals surface area contributed by atoms with Crippen molar-refractivity contribution in [2.75, 3.05) is 0 Å². The van der Waals surface area contributed by atoms with Gasteiger partial charge in [0.25, 0.3) is 0 Å². The number of nitrogens with zero attached hydrogens (tertiary/aromatic N) is 3. The molecule has 0 unspecified atom stereocenters. The summed E-state index contributed by atoms with van der Waals surface area (Å²) in [5, 5.41) is 8.33. The molecule has 3 rings (SSSR count). The first-order chi connectivity index (χ1) is 10.6. The Morgan fingerprint density at radius 2 is 2.00 bits per heavy atom.